The van der Waals surface area contributed by atoms with Crippen molar-refractivity contribution in [3.8, 4) is 0 Å². The molecule has 1 saturated heterocycles. The van der Waals surface area contributed by atoms with Gasteiger partial charge in [0.2, 0.25) is 0 Å². The van der Waals surface area contributed by atoms with Gasteiger partial charge in [0.15, 0.2) is 5.96 Å². The normalized spacial score (nSPS) is 19.3. The fourth-order valence-electron chi connectivity index (χ4n) is 4.18. The second kappa shape index (κ2) is 7.61. The third kappa shape index (κ3) is 4.18. The van der Waals surface area contributed by atoms with Crippen LogP contribution >= 0.6 is 0 Å². The van der Waals surface area contributed by atoms with Crippen LogP contribution in [0.5, 0.6) is 0 Å². The maximum Gasteiger partial charge on any atom is 0.410 e. The summed E-state index contributed by atoms with van der Waals surface area (Å²) in [6.07, 6.45) is 2.82. The number of aromatic amines is 1. The van der Waals surface area contributed by atoms with Crippen molar-refractivity contribution >= 4 is 23.0 Å². The predicted molar refractivity (Wildman–Crippen MR) is 115 cm³/mol. The lowest BCUT2D eigenvalue weighted by molar-refractivity contribution is 0.0137. The molecule has 0 spiro atoms. The molecule has 1 atom stereocenters. The third-order valence-electron chi connectivity index (χ3n) is 5.53. The van der Waals surface area contributed by atoms with Gasteiger partial charge in [-0.15, -0.1) is 0 Å². The number of hydrogen-bond acceptors (Lipinski definition) is 5. The summed E-state index contributed by atoms with van der Waals surface area (Å²) in [4.78, 5) is 24.5. The monoisotopic (exact) mass is 397 g/mol. The van der Waals surface area contributed by atoms with Gasteiger partial charge in [-0.25, -0.2) is 4.79 Å². The molecular weight excluding hydrogens is 366 g/mol. The highest BCUT2D eigenvalue weighted by Gasteiger charge is 2.36. The Labute approximate surface area is 172 Å². The van der Waals surface area contributed by atoms with Crippen LogP contribution in [-0.2, 0) is 11.2 Å². The van der Waals surface area contributed by atoms with Gasteiger partial charge in [-0.05, 0) is 51.3 Å². The van der Waals surface area contributed by atoms with Gasteiger partial charge in [-0.3, -0.25) is 4.99 Å². The summed E-state index contributed by atoms with van der Waals surface area (Å²) in [5.41, 5.74) is 3.36. The highest BCUT2D eigenvalue weighted by Crippen LogP contribution is 2.22. The number of hydrogen-bond donors (Lipinski definition) is 2. The first-order valence-electron chi connectivity index (χ1n) is 10.4. The predicted octanol–water partition coefficient (Wildman–Crippen LogP) is 2.90. The molecule has 3 heterocycles. The van der Waals surface area contributed by atoms with Crippen molar-refractivity contribution in [2.24, 2.45) is 4.99 Å². The molecule has 2 N–H and O–H groups in total. The summed E-state index contributed by atoms with van der Waals surface area (Å²) in [6, 6.07) is 6.59. The number of benzene rings is 1. The van der Waals surface area contributed by atoms with E-state index in [0.29, 0.717) is 19.6 Å². The number of rotatable bonds is 3. The van der Waals surface area contributed by atoms with E-state index in [1.807, 2.05) is 20.8 Å². The maximum absolute atomic E-state index is 12.4. The fraction of sp³-hybridized carbons (Fsp3) is 0.545. The van der Waals surface area contributed by atoms with Gasteiger partial charge >= 0.3 is 6.09 Å². The third-order valence-corrected chi connectivity index (χ3v) is 5.53. The number of aromatic nitrogens is 1. The van der Waals surface area contributed by atoms with Crippen molar-refractivity contribution in [2.75, 3.05) is 32.7 Å². The molecule has 156 valence electrons. The van der Waals surface area contributed by atoms with Crippen molar-refractivity contribution in [3.05, 3.63) is 35.5 Å². The van der Waals surface area contributed by atoms with Crippen molar-refractivity contribution in [2.45, 2.75) is 45.8 Å². The van der Waals surface area contributed by atoms with Crippen LogP contribution in [0, 0.1) is 6.92 Å². The van der Waals surface area contributed by atoms with Gasteiger partial charge in [0.1, 0.15) is 5.60 Å². The average molecular weight is 398 g/mol. The second-order valence-electron chi connectivity index (χ2n) is 8.93. The van der Waals surface area contributed by atoms with Gasteiger partial charge < -0.3 is 24.8 Å². The number of piperazine rings is 1. The van der Waals surface area contributed by atoms with Crippen LogP contribution in [0.1, 0.15) is 31.9 Å². The molecule has 0 bridgehead atoms. The largest absolute Gasteiger partial charge is 0.444 e. The zero-order valence-corrected chi connectivity index (χ0v) is 17.8. The number of nitrogens with zero attached hydrogens (tertiary/aromatic N) is 3. The van der Waals surface area contributed by atoms with Crippen LogP contribution in [0.2, 0.25) is 0 Å². The molecule has 7 heteroatoms. The molecule has 1 amide bonds. The van der Waals surface area contributed by atoms with Crippen molar-refractivity contribution in [1.29, 1.82) is 0 Å². The highest BCUT2D eigenvalue weighted by atomic mass is 16.6. The molecule has 29 heavy (non-hydrogen) atoms. The van der Waals surface area contributed by atoms with E-state index < -0.39 is 5.60 Å². The summed E-state index contributed by atoms with van der Waals surface area (Å²) < 4.78 is 5.52. The van der Waals surface area contributed by atoms with Crippen LogP contribution in [0.15, 0.2) is 29.4 Å². The van der Waals surface area contributed by atoms with Gasteiger partial charge in [0.05, 0.1) is 12.6 Å². The molecular formula is C22H31N5O2. The zero-order valence-electron chi connectivity index (χ0n) is 17.8. The summed E-state index contributed by atoms with van der Waals surface area (Å²) in [5, 5.41) is 4.84. The first-order chi connectivity index (χ1) is 13.8. The molecule has 1 aromatic carbocycles. The molecule has 1 unspecified atom stereocenters. The number of aliphatic imine (C=N–C) groups is 1. The van der Waals surface area contributed by atoms with Crippen LogP contribution in [0.3, 0.4) is 0 Å². The van der Waals surface area contributed by atoms with Crippen LogP contribution < -0.4 is 5.32 Å². The molecule has 2 aromatic rings. The standard InChI is InChI=1S/C22H31N5O2/c1-15-6-5-7-18-19(15)16(12-24-18)8-9-23-20-25-13-17-14-26(10-11-27(17)20)21(28)29-22(2,3)4/h5-7,12,17,24H,8-11,13-14H2,1-4H3,(H,23,25). The van der Waals surface area contributed by atoms with E-state index in [-0.39, 0.29) is 12.1 Å². The van der Waals surface area contributed by atoms with Gasteiger partial charge in [0, 0.05) is 43.3 Å². The van der Waals surface area contributed by atoms with E-state index in [1.54, 1.807) is 4.90 Å². The molecule has 1 aromatic heterocycles. The number of amides is 1. The number of ether oxygens (including phenoxy) is 1. The van der Waals surface area contributed by atoms with Crippen LogP contribution in [0.25, 0.3) is 10.9 Å². The molecule has 0 radical (unpaired) electrons. The number of guanidine groups is 1. The maximum atomic E-state index is 12.4. The molecule has 1 fully saturated rings. The summed E-state index contributed by atoms with van der Waals surface area (Å²) in [6.45, 7) is 11.5. The quantitative estimate of drug-likeness (QED) is 0.835. The number of carbonyl (C=O) groups excluding carboxylic acids is 1. The molecule has 4 rings (SSSR count). The minimum absolute atomic E-state index is 0.228. The lowest BCUT2D eigenvalue weighted by atomic mass is 10.1. The summed E-state index contributed by atoms with van der Waals surface area (Å²) in [7, 11) is 0. The van der Waals surface area contributed by atoms with E-state index in [4.69, 9.17) is 9.73 Å². The number of aryl methyl sites for hydroxylation is 1. The number of carbonyl (C=O) groups is 1. The zero-order chi connectivity index (χ0) is 20.6. The van der Waals surface area contributed by atoms with Crippen molar-refractivity contribution in [1.82, 2.24) is 20.1 Å². The van der Waals surface area contributed by atoms with E-state index >= 15 is 0 Å². The Morgan fingerprint density at radius 2 is 2.17 bits per heavy atom. The molecule has 0 aliphatic carbocycles. The molecule has 7 nitrogen and oxygen atoms in total. The number of H-pyrrole nitrogens is 1. The molecule has 0 saturated carbocycles. The van der Waals surface area contributed by atoms with E-state index in [9.17, 15) is 4.79 Å². The van der Waals surface area contributed by atoms with E-state index in [0.717, 1.165) is 25.5 Å². The van der Waals surface area contributed by atoms with Gasteiger partial charge in [0.25, 0.3) is 0 Å². The van der Waals surface area contributed by atoms with Crippen LogP contribution in [-0.4, -0.2) is 71.2 Å². The lowest BCUT2D eigenvalue weighted by Crippen LogP contribution is -2.57. The molecule has 2 aliphatic heterocycles. The fourth-order valence-corrected chi connectivity index (χ4v) is 4.18. The smallest absolute Gasteiger partial charge is 0.410 e. The Morgan fingerprint density at radius 1 is 1.34 bits per heavy atom. The second-order valence-corrected chi connectivity index (χ2v) is 8.93. The first-order valence-corrected chi connectivity index (χ1v) is 10.4. The summed E-state index contributed by atoms with van der Waals surface area (Å²) >= 11 is 0. The lowest BCUT2D eigenvalue weighted by Gasteiger charge is -2.39. The Hall–Kier alpha value is -2.70. The minimum Gasteiger partial charge on any atom is -0.444 e. The Bertz CT molecular complexity index is 927. The Morgan fingerprint density at radius 3 is 2.97 bits per heavy atom. The Balaban J connectivity index is 1.30. The summed E-state index contributed by atoms with van der Waals surface area (Å²) in [5.74, 6) is 0.954. The first kappa shape index (κ1) is 19.6. The Kier molecular flexibility index (Phi) is 5.15. The molecule has 2 aliphatic rings. The van der Waals surface area contributed by atoms with Gasteiger partial charge in [-0.2, -0.15) is 0 Å². The van der Waals surface area contributed by atoms with Gasteiger partial charge in [-0.1, -0.05) is 12.1 Å². The highest BCUT2D eigenvalue weighted by molar-refractivity contribution is 5.86. The van der Waals surface area contributed by atoms with E-state index in [1.165, 1.54) is 22.0 Å². The minimum atomic E-state index is -0.464. The van der Waals surface area contributed by atoms with Crippen LogP contribution in [0.4, 0.5) is 4.79 Å². The van der Waals surface area contributed by atoms with E-state index in [2.05, 4.69) is 46.5 Å². The number of nitrogens with one attached hydrogen (secondary N) is 2. The average Bonchev–Trinajstić information content (AvgIpc) is 3.25. The topological polar surface area (TPSA) is 73.0 Å². The van der Waals surface area contributed by atoms with Crippen molar-refractivity contribution in [3.63, 3.8) is 0 Å². The number of fused-ring (bicyclic) bond motifs is 2. The SMILES string of the molecule is Cc1cccc2[nH]cc(CCNC3=NCC4CN(C(=O)OC(C)(C)C)CCN34)c12. The van der Waals surface area contributed by atoms with Crippen molar-refractivity contribution < 1.29 is 9.53 Å².